The summed E-state index contributed by atoms with van der Waals surface area (Å²) in [5, 5.41) is 9.78. The van der Waals surface area contributed by atoms with Gasteiger partial charge in [0.05, 0.1) is 34.4 Å². The van der Waals surface area contributed by atoms with Crippen molar-refractivity contribution in [3.8, 4) is 0 Å². The molecule has 0 radical (unpaired) electrons. The molecular formula is C83H160NO8+. The van der Waals surface area contributed by atoms with Gasteiger partial charge < -0.3 is 28.5 Å². The number of likely N-dealkylation sites (N-methyl/N-ethyl adjacent to an activating group) is 1. The third-order valence-corrected chi connectivity index (χ3v) is 19.0. The fourth-order valence-corrected chi connectivity index (χ4v) is 12.7. The van der Waals surface area contributed by atoms with Gasteiger partial charge >= 0.3 is 17.9 Å². The van der Waals surface area contributed by atoms with Crippen molar-refractivity contribution < 1.29 is 42.9 Å². The van der Waals surface area contributed by atoms with Crippen molar-refractivity contribution in [2.24, 2.45) is 0 Å². The van der Waals surface area contributed by atoms with Crippen molar-refractivity contribution in [1.29, 1.82) is 0 Å². The normalized spacial score (nSPS) is 12.7. The van der Waals surface area contributed by atoms with Crippen molar-refractivity contribution in [3.63, 3.8) is 0 Å². The number of rotatable bonds is 78. The molecule has 1 N–H and O–H groups in total. The van der Waals surface area contributed by atoms with Crippen LogP contribution in [-0.2, 0) is 33.3 Å². The lowest BCUT2D eigenvalue weighted by Gasteiger charge is -2.25. The summed E-state index contributed by atoms with van der Waals surface area (Å²) in [4.78, 5) is 37.7. The molecule has 2 unspecified atom stereocenters. The number of quaternary nitrogens is 1. The van der Waals surface area contributed by atoms with E-state index in [1.807, 2.05) is 21.1 Å². The molecule has 9 heteroatoms. The minimum Gasteiger partial charge on any atom is -0.477 e. The predicted molar refractivity (Wildman–Crippen MR) is 397 cm³/mol. The minimum absolute atomic E-state index is 0.173. The van der Waals surface area contributed by atoms with E-state index in [1.54, 1.807) is 0 Å². The van der Waals surface area contributed by atoms with E-state index in [0.29, 0.717) is 17.4 Å². The Balaban J connectivity index is 3.95. The lowest BCUT2D eigenvalue weighted by Crippen LogP contribution is -2.40. The summed E-state index contributed by atoms with van der Waals surface area (Å²) < 4.78 is 23.1. The van der Waals surface area contributed by atoms with Crippen LogP contribution in [-0.4, -0.2) is 87.4 Å². The Morgan fingerprint density at radius 1 is 0.326 bits per heavy atom. The van der Waals surface area contributed by atoms with Crippen LogP contribution in [0, 0.1) is 0 Å². The van der Waals surface area contributed by atoms with E-state index < -0.39 is 18.4 Å². The van der Waals surface area contributed by atoms with E-state index in [9.17, 15) is 19.5 Å². The first kappa shape index (κ1) is 89.8. The average molecular weight is 1300 g/mol. The second-order valence-electron chi connectivity index (χ2n) is 29.4. The monoisotopic (exact) mass is 1300 g/mol. The van der Waals surface area contributed by atoms with Crippen LogP contribution < -0.4 is 0 Å². The topological polar surface area (TPSA) is 108 Å². The lowest BCUT2D eigenvalue weighted by molar-refractivity contribution is -0.870. The number of carboxylic acids is 1. The fraction of sp³-hybridized carbons (Fsp3) is 0.916. The second-order valence-corrected chi connectivity index (χ2v) is 29.4. The highest BCUT2D eigenvalue weighted by Gasteiger charge is 2.25. The zero-order valence-corrected chi connectivity index (χ0v) is 62.5. The molecular weight excluding hydrogens is 1140 g/mol. The summed E-state index contributed by atoms with van der Waals surface area (Å²) in [7, 11) is 6.00. The summed E-state index contributed by atoms with van der Waals surface area (Å²) in [6, 6.07) is 0. The van der Waals surface area contributed by atoms with Gasteiger partial charge in [0.1, 0.15) is 13.2 Å². The Morgan fingerprint density at radius 2 is 0.587 bits per heavy atom. The smallest absolute Gasteiger partial charge is 0.361 e. The summed E-state index contributed by atoms with van der Waals surface area (Å²) in [6.07, 6.45) is 92.1. The summed E-state index contributed by atoms with van der Waals surface area (Å²) in [5.41, 5.74) is 0. The molecule has 0 bridgehead atoms. The SMILES string of the molecule is CCCCCCC/C=C\C/C=C\CCCCCCCCCCCCCCCCCCCCCCCCCC(=O)OC(COC(=O)CCCCCCCCCCCCCCCCCCCCCCCCCCCCCCCCCC)COC(OCC[N+](C)(C)C)C(=O)O. The highest BCUT2D eigenvalue weighted by Crippen LogP contribution is 2.20. The molecule has 0 spiro atoms. The summed E-state index contributed by atoms with van der Waals surface area (Å²) in [5.74, 6) is -1.97. The number of unbranched alkanes of at least 4 members (excludes halogenated alkanes) is 59. The van der Waals surface area contributed by atoms with Gasteiger partial charge in [0, 0.05) is 12.8 Å². The van der Waals surface area contributed by atoms with Gasteiger partial charge in [-0.3, -0.25) is 9.59 Å². The molecule has 0 saturated carbocycles. The largest absolute Gasteiger partial charge is 0.477 e. The molecule has 0 aromatic heterocycles. The van der Waals surface area contributed by atoms with E-state index in [4.69, 9.17) is 18.9 Å². The Labute approximate surface area is 573 Å². The van der Waals surface area contributed by atoms with E-state index in [1.165, 1.54) is 360 Å². The molecule has 92 heavy (non-hydrogen) atoms. The summed E-state index contributed by atoms with van der Waals surface area (Å²) in [6.45, 7) is 4.96. The lowest BCUT2D eigenvalue weighted by atomic mass is 10.0. The van der Waals surface area contributed by atoms with Gasteiger partial charge in [0.15, 0.2) is 6.10 Å². The molecule has 0 amide bonds. The molecule has 0 aromatic rings. The highest BCUT2D eigenvalue weighted by molar-refractivity contribution is 5.71. The molecule has 0 aliphatic rings. The van der Waals surface area contributed by atoms with Crippen LogP contribution in [0.5, 0.6) is 0 Å². The number of hydrogen-bond acceptors (Lipinski definition) is 7. The maximum atomic E-state index is 13.0. The van der Waals surface area contributed by atoms with Crippen molar-refractivity contribution in [1.82, 2.24) is 0 Å². The molecule has 0 rings (SSSR count). The Morgan fingerprint density at radius 3 is 0.859 bits per heavy atom. The quantitative estimate of drug-likeness (QED) is 0.0211. The van der Waals surface area contributed by atoms with Gasteiger partial charge in [-0.05, 0) is 44.9 Å². The molecule has 0 aliphatic heterocycles. The van der Waals surface area contributed by atoms with Crippen LogP contribution in [0.3, 0.4) is 0 Å². The number of nitrogens with zero attached hydrogens (tertiary/aromatic N) is 1. The van der Waals surface area contributed by atoms with Crippen LogP contribution >= 0.6 is 0 Å². The van der Waals surface area contributed by atoms with Crippen molar-refractivity contribution in [2.75, 3.05) is 47.5 Å². The fourth-order valence-electron chi connectivity index (χ4n) is 12.7. The summed E-state index contributed by atoms with van der Waals surface area (Å²) >= 11 is 0. The predicted octanol–water partition coefficient (Wildman–Crippen LogP) is 26.1. The van der Waals surface area contributed by atoms with Gasteiger partial charge in [-0.1, -0.05) is 398 Å². The van der Waals surface area contributed by atoms with Crippen molar-refractivity contribution in [3.05, 3.63) is 24.3 Å². The van der Waals surface area contributed by atoms with E-state index >= 15 is 0 Å². The van der Waals surface area contributed by atoms with E-state index in [-0.39, 0.29) is 38.2 Å². The van der Waals surface area contributed by atoms with Gasteiger partial charge in [0.2, 0.25) is 0 Å². The molecule has 0 fully saturated rings. The van der Waals surface area contributed by atoms with Gasteiger partial charge in [0.25, 0.3) is 6.29 Å². The Kier molecular flexibility index (Phi) is 72.8. The molecule has 0 aliphatic carbocycles. The second kappa shape index (κ2) is 74.6. The maximum absolute atomic E-state index is 13.0. The number of carbonyl (C=O) groups is 3. The molecule has 0 heterocycles. The third-order valence-electron chi connectivity index (χ3n) is 19.0. The van der Waals surface area contributed by atoms with Crippen molar-refractivity contribution >= 4 is 17.9 Å². The zero-order chi connectivity index (χ0) is 66.8. The Hall–Kier alpha value is -2.23. The third kappa shape index (κ3) is 75.2. The minimum atomic E-state index is -1.51. The van der Waals surface area contributed by atoms with Gasteiger partial charge in [-0.25, -0.2) is 4.79 Å². The number of carboxylic acid groups (broad SMARTS) is 1. The van der Waals surface area contributed by atoms with Crippen LogP contribution in [0.1, 0.15) is 431 Å². The first-order valence-electron chi connectivity index (χ1n) is 41.0. The number of carbonyl (C=O) groups excluding carboxylic acids is 2. The van der Waals surface area contributed by atoms with E-state index in [0.717, 1.165) is 44.9 Å². The maximum Gasteiger partial charge on any atom is 0.361 e. The molecule has 9 nitrogen and oxygen atoms in total. The number of allylic oxidation sites excluding steroid dienone is 4. The Bertz CT molecular complexity index is 1560. The number of hydrogen-bond donors (Lipinski definition) is 1. The molecule has 0 saturated heterocycles. The standard InChI is InChI=1S/C83H159NO8/c1-6-8-10-12-14-16-18-20-22-24-26-28-30-32-34-36-38-40-41-42-44-46-48-50-52-54-56-58-60-62-64-66-68-70-72-74-81(86)92-79(78-91-83(82(87)88)89-76-75-84(3,4)5)77-90-80(85)73-71-69-67-65-63-61-59-57-55-53-51-49-47-45-43-39-37-35-33-31-29-27-25-23-21-19-17-15-13-11-9-7-2/h18,20,24,26,79,83H,6-17,19,21-23,25,27-78H2,1-5H3/p+1/b20-18-,26-24-. The molecule has 2 atom stereocenters. The van der Waals surface area contributed by atoms with Crippen LogP contribution in [0.4, 0.5) is 0 Å². The number of aliphatic carboxylic acids is 1. The number of ether oxygens (including phenoxy) is 4. The van der Waals surface area contributed by atoms with Crippen molar-refractivity contribution in [2.45, 2.75) is 444 Å². The van der Waals surface area contributed by atoms with Crippen LogP contribution in [0.2, 0.25) is 0 Å². The first-order chi connectivity index (χ1) is 45.1. The first-order valence-corrected chi connectivity index (χ1v) is 41.0. The van der Waals surface area contributed by atoms with E-state index in [2.05, 4.69) is 38.2 Å². The average Bonchev–Trinajstić information content (AvgIpc) is 3.70. The zero-order valence-electron chi connectivity index (χ0n) is 62.5. The highest BCUT2D eigenvalue weighted by atomic mass is 16.7. The van der Waals surface area contributed by atoms with Gasteiger partial charge in [-0.15, -0.1) is 0 Å². The molecule has 544 valence electrons. The van der Waals surface area contributed by atoms with Crippen LogP contribution in [0.25, 0.3) is 0 Å². The van der Waals surface area contributed by atoms with Gasteiger partial charge in [-0.2, -0.15) is 0 Å². The molecule has 0 aromatic carbocycles. The van der Waals surface area contributed by atoms with Crippen LogP contribution in [0.15, 0.2) is 24.3 Å². The number of esters is 2.